The summed E-state index contributed by atoms with van der Waals surface area (Å²) in [5.41, 5.74) is 2.05. The minimum absolute atomic E-state index is 0.0939. The third kappa shape index (κ3) is 3.66. The van der Waals surface area contributed by atoms with Crippen LogP contribution in [-0.2, 0) is 16.1 Å². The number of nitrogens with one attached hydrogen (secondary N) is 1. The summed E-state index contributed by atoms with van der Waals surface area (Å²) in [7, 11) is 0. The van der Waals surface area contributed by atoms with Crippen LogP contribution in [0.25, 0.3) is 5.57 Å². The van der Waals surface area contributed by atoms with E-state index in [1.165, 1.54) is 24.3 Å². The summed E-state index contributed by atoms with van der Waals surface area (Å²) in [6, 6.07) is 18.1. The van der Waals surface area contributed by atoms with Gasteiger partial charge in [-0.05, 0) is 47.5 Å². The van der Waals surface area contributed by atoms with Crippen LogP contribution >= 0.6 is 0 Å². The molecule has 1 aromatic heterocycles. The first-order chi connectivity index (χ1) is 14.5. The van der Waals surface area contributed by atoms with E-state index in [1.54, 1.807) is 36.7 Å². The van der Waals surface area contributed by atoms with Crippen LogP contribution in [0.5, 0.6) is 0 Å². The number of nitro benzene ring substituents is 1. The van der Waals surface area contributed by atoms with Gasteiger partial charge in [0, 0.05) is 30.2 Å². The second-order valence-electron chi connectivity index (χ2n) is 6.60. The molecule has 148 valence electrons. The average Bonchev–Trinajstić information content (AvgIpc) is 2.99. The fourth-order valence-electron chi connectivity index (χ4n) is 3.19. The van der Waals surface area contributed by atoms with E-state index in [4.69, 9.17) is 0 Å². The van der Waals surface area contributed by atoms with Gasteiger partial charge in [0.25, 0.3) is 17.5 Å². The van der Waals surface area contributed by atoms with E-state index >= 15 is 0 Å². The zero-order chi connectivity index (χ0) is 21.1. The van der Waals surface area contributed by atoms with Gasteiger partial charge in [-0.1, -0.05) is 18.2 Å². The van der Waals surface area contributed by atoms with Crippen LogP contribution in [-0.4, -0.2) is 26.6 Å². The molecule has 0 bridgehead atoms. The van der Waals surface area contributed by atoms with Gasteiger partial charge < -0.3 is 5.32 Å². The predicted molar refractivity (Wildman–Crippen MR) is 110 cm³/mol. The Bertz CT molecular complexity index is 1140. The highest BCUT2D eigenvalue weighted by Crippen LogP contribution is 2.32. The Morgan fingerprint density at radius 3 is 2.20 bits per heavy atom. The molecule has 1 N–H and O–H groups in total. The highest BCUT2D eigenvalue weighted by Gasteiger charge is 2.39. The van der Waals surface area contributed by atoms with Crippen molar-refractivity contribution in [3.05, 3.63) is 106 Å². The molecule has 4 rings (SSSR count). The molecule has 0 radical (unpaired) electrons. The van der Waals surface area contributed by atoms with Gasteiger partial charge in [-0.2, -0.15) is 0 Å². The van der Waals surface area contributed by atoms with Gasteiger partial charge in [-0.25, -0.2) is 0 Å². The number of carbonyl (C=O) groups is 2. The molecule has 2 amide bonds. The summed E-state index contributed by atoms with van der Waals surface area (Å²) in [5, 5.41) is 14.0. The fraction of sp³-hybridized carbons (Fsp3) is 0.0455. The first-order valence-electron chi connectivity index (χ1n) is 9.11. The number of nitrogens with zero attached hydrogens (tertiary/aromatic N) is 3. The predicted octanol–water partition coefficient (Wildman–Crippen LogP) is 3.38. The van der Waals surface area contributed by atoms with E-state index < -0.39 is 16.7 Å². The van der Waals surface area contributed by atoms with Crippen molar-refractivity contribution >= 4 is 28.8 Å². The minimum atomic E-state index is -0.515. The molecule has 2 heterocycles. The van der Waals surface area contributed by atoms with E-state index in [-0.39, 0.29) is 23.5 Å². The van der Waals surface area contributed by atoms with Crippen molar-refractivity contribution in [3.8, 4) is 0 Å². The maximum Gasteiger partial charge on any atom is 0.278 e. The number of aromatic nitrogens is 1. The first-order valence-corrected chi connectivity index (χ1v) is 9.11. The number of carbonyl (C=O) groups excluding carboxylic acids is 2. The molecular weight excluding hydrogens is 384 g/mol. The Morgan fingerprint density at radius 2 is 1.57 bits per heavy atom. The second-order valence-corrected chi connectivity index (χ2v) is 6.60. The smallest absolute Gasteiger partial charge is 0.278 e. The van der Waals surface area contributed by atoms with E-state index in [1.807, 2.05) is 18.2 Å². The monoisotopic (exact) mass is 400 g/mol. The molecular formula is C22H16N4O4. The van der Waals surface area contributed by atoms with Gasteiger partial charge in [0.05, 0.1) is 17.0 Å². The first kappa shape index (κ1) is 19.0. The number of hydrogen-bond acceptors (Lipinski definition) is 6. The van der Waals surface area contributed by atoms with Crippen LogP contribution in [0.1, 0.15) is 11.1 Å². The number of para-hydroxylation sites is 1. The third-order valence-electron chi connectivity index (χ3n) is 4.67. The van der Waals surface area contributed by atoms with Crippen molar-refractivity contribution in [1.82, 2.24) is 9.88 Å². The summed E-state index contributed by atoms with van der Waals surface area (Å²) in [6.45, 7) is 0.0939. The SMILES string of the molecule is O=C1C(Nc2ccccc2)=C(c2ccc([N+](=O)[O-])cc2)C(=O)N1Cc1ccncc1. The highest BCUT2D eigenvalue weighted by atomic mass is 16.6. The standard InChI is InChI=1S/C22H16N4O4/c27-21-19(16-6-8-18(9-7-16)26(29)30)20(24-17-4-2-1-3-5-17)22(28)25(21)14-15-10-12-23-13-11-15/h1-13,24H,14H2. The van der Waals surface area contributed by atoms with Crippen molar-refractivity contribution in [2.45, 2.75) is 6.54 Å². The van der Waals surface area contributed by atoms with Crippen molar-refractivity contribution in [1.29, 1.82) is 0 Å². The molecule has 0 saturated heterocycles. The molecule has 30 heavy (non-hydrogen) atoms. The Morgan fingerprint density at radius 1 is 0.900 bits per heavy atom. The van der Waals surface area contributed by atoms with E-state index in [0.717, 1.165) is 10.5 Å². The van der Waals surface area contributed by atoms with Crippen LogP contribution in [0.15, 0.2) is 84.8 Å². The normalized spacial score (nSPS) is 13.7. The Labute approximate surface area is 171 Å². The third-order valence-corrected chi connectivity index (χ3v) is 4.67. The highest BCUT2D eigenvalue weighted by molar-refractivity contribution is 6.36. The number of amides is 2. The lowest BCUT2D eigenvalue weighted by atomic mass is 10.0. The van der Waals surface area contributed by atoms with Gasteiger partial charge in [0.1, 0.15) is 5.70 Å². The Balaban J connectivity index is 1.74. The lowest BCUT2D eigenvalue weighted by Crippen LogP contribution is -2.32. The summed E-state index contributed by atoms with van der Waals surface area (Å²) in [4.78, 5) is 41.9. The van der Waals surface area contributed by atoms with E-state index in [0.29, 0.717) is 11.3 Å². The lowest BCUT2D eigenvalue weighted by Gasteiger charge is -2.15. The Hall–Kier alpha value is -4.33. The van der Waals surface area contributed by atoms with Crippen molar-refractivity contribution < 1.29 is 14.5 Å². The van der Waals surface area contributed by atoms with Crippen molar-refractivity contribution in [3.63, 3.8) is 0 Å². The van der Waals surface area contributed by atoms with Gasteiger partial charge >= 0.3 is 0 Å². The number of pyridine rings is 1. The molecule has 0 unspecified atom stereocenters. The number of anilines is 1. The number of rotatable bonds is 6. The molecule has 0 spiro atoms. The number of hydrogen-bond donors (Lipinski definition) is 1. The lowest BCUT2D eigenvalue weighted by molar-refractivity contribution is -0.384. The second kappa shape index (κ2) is 7.96. The summed E-state index contributed by atoms with van der Waals surface area (Å²) in [5.74, 6) is -0.932. The topological polar surface area (TPSA) is 105 Å². The van der Waals surface area contributed by atoms with Gasteiger partial charge in [-0.3, -0.25) is 29.6 Å². The molecule has 1 aliphatic rings. The summed E-state index contributed by atoms with van der Waals surface area (Å²) in [6.07, 6.45) is 3.18. The Kier molecular flexibility index (Phi) is 5.04. The quantitative estimate of drug-likeness (QED) is 0.386. The largest absolute Gasteiger partial charge is 0.350 e. The molecule has 2 aromatic carbocycles. The van der Waals surface area contributed by atoms with E-state index in [9.17, 15) is 19.7 Å². The molecule has 3 aromatic rings. The fourth-order valence-corrected chi connectivity index (χ4v) is 3.19. The zero-order valence-corrected chi connectivity index (χ0v) is 15.7. The van der Waals surface area contributed by atoms with Gasteiger partial charge in [0.2, 0.25) is 0 Å². The number of benzene rings is 2. The van der Waals surface area contributed by atoms with Crippen molar-refractivity contribution in [2.24, 2.45) is 0 Å². The number of nitro groups is 1. The molecule has 0 saturated carbocycles. The maximum absolute atomic E-state index is 13.2. The van der Waals surface area contributed by atoms with Crippen LogP contribution in [0.2, 0.25) is 0 Å². The van der Waals surface area contributed by atoms with Crippen LogP contribution in [0.3, 0.4) is 0 Å². The zero-order valence-electron chi connectivity index (χ0n) is 15.7. The molecule has 0 fully saturated rings. The van der Waals surface area contributed by atoms with Crippen LogP contribution in [0.4, 0.5) is 11.4 Å². The van der Waals surface area contributed by atoms with Crippen molar-refractivity contribution in [2.75, 3.05) is 5.32 Å². The summed E-state index contributed by atoms with van der Waals surface area (Å²) >= 11 is 0. The van der Waals surface area contributed by atoms with Gasteiger partial charge in [0.15, 0.2) is 0 Å². The maximum atomic E-state index is 13.2. The number of non-ortho nitro benzene ring substituents is 1. The van der Waals surface area contributed by atoms with Crippen LogP contribution < -0.4 is 5.32 Å². The summed E-state index contributed by atoms with van der Waals surface area (Å²) < 4.78 is 0. The molecule has 0 aliphatic carbocycles. The minimum Gasteiger partial charge on any atom is -0.350 e. The van der Waals surface area contributed by atoms with Gasteiger partial charge in [-0.15, -0.1) is 0 Å². The molecule has 0 atom stereocenters. The number of imide groups is 1. The van der Waals surface area contributed by atoms with Crippen LogP contribution in [0, 0.1) is 10.1 Å². The van der Waals surface area contributed by atoms with E-state index in [2.05, 4.69) is 10.3 Å². The molecule has 8 heteroatoms. The molecule has 8 nitrogen and oxygen atoms in total. The molecule has 1 aliphatic heterocycles. The average molecular weight is 400 g/mol.